The fraction of sp³-hybridized carbons (Fsp3) is 0.467. The molecular weight excluding hydrogens is 306 g/mol. The van der Waals surface area contributed by atoms with Crippen LogP contribution in [0.5, 0.6) is 0 Å². The lowest BCUT2D eigenvalue weighted by atomic mass is 10.1. The summed E-state index contributed by atoms with van der Waals surface area (Å²) in [5.74, 6) is -1.63. The topological polar surface area (TPSA) is 101 Å². The second kappa shape index (κ2) is 6.08. The quantitative estimate of drug-likeness (QED) is 0.871. The van der Waals surface area contributed by atoms with Gasteiger partial charge in [-0.2, -0.15) is 0 Å². The van der Waals surface area contributed by atoms with E-state index >= 15 is 0 Å². The van der Waals surface area contributed by atoms with Crippen molar-refractivity contribution < 1.29 is 23.1 Å². The molecule has 6 nitrogen and oxygen atoms in total. The monoisotopic (exact) mass is 325 g/mol. The Morgan fingerprint density at radius 1 is 1.27 bits per heavy atom. The van der Waals surface area contributed by atoms with Gasteiger partial charge >= 0.3 is 5.97 Å². The number of nitrogens with one attached hydrogen (secondary N) is 1. The first-order valence-corrected chi connectivity index (χ1v) is 8.92. The third-order valence-corrected chi connectivity index (χ3v) is 5.11. The summed E-state index contributed by atoms with van der Waals surface area (Å²) >= 11 is 0. The van der Waals surface area contributed by atoms with Crippen LogP contribution in [0.1, 0.15) is 35.2 Å². The van der Waals surface area contributed by atoms with Gasteiger partial charge in [0.25, 0.3) is 5.91 Å². The molecular formula is C15H19NO5S. The molecule has 1 aliphatic carbocycles. The highest BCUT2D eigenvalue weighted by Crippen LogP contribution is 2.26. The number of aryl methyl sites for hydroxylation is 1. The van der Waals surface area contributed by atoms with Crippen LogP contribution < -0.4 is 5.32 Å². The van der Waals surface area contributed by atoms with Gasteiger partial charge in [0.15, 0.2) is 9.84 Å². The molecule has 22 heavy (non-hydrogen) atoms. The number of benzene rings is 1. The lowest BCUT2D eigenvalue weighted by molar-refractivity contribution is -0.141. The molecule has 1 aromatic carbocycles. The molecule has 0 spiro atoms. The van der Waals surface area contributed by atoms with Crippen LogP contribution in [0.25, 0.3) is 0 Å². The highest BCUT2D eigenvalue weighted by molar-refractivity contribution is 7.90. The molecule has 120 valence electrons. The van der Waals surface area contributed by atoms with Gasteiger partial charge in [0.2, 0.25) is 0 Å². The molecule has 0 bridgehead atoms. The maximum absolute atomic E-state index is 12.3. The van der Waals surface area contributed by atoms with Crippen LogP contribution in [0, 0.1) is 12.8 Å². The lowest BCUT2D eigenvalue weighted by Crippen LogP contribution is -2.33. The largest absolute Gasteiger partial charge is 0.481 e. The number of carbonyl (C=O) groups excluding carboxylic acids is 1. The minimum absolute atomic E-state index is 0.0954. The number of hydrogen-bond donors (Lipinski definition) is 2. The van der Waals surface area contributed by atoms with Gasteiger partial charge in [0.1, 0.15) is 0 Å². The number of amides is 1. The Hall–Kier alpha value is -1.89. The Balaban J connectivity index is 2.15. The van der Waals surface area contributed by atoms with E-state index in [-0.39, 0.29) is 16.8 Å². The van der Waals surface area contributed by atoms with Crippen LogP contribution in [-0.4, -0.2) is 37.7 Å². The Morgan fingerprint density at radius 3 is 2.50 bits per heavy atom. The highest BCUT2D eigenvalue weighted by atomic mass is 32.2. The summed E-state index contributed by atoms with van der Waals surface area (Å²) in [6.45, 7) is 1.73. The van der Waals surface area contributed by atoms with Gasteiger partial charge in [-0.1, -0.05) is 6.07 Å². The van der Waals surface area contributed by atoms with E-state index in [0.29, 0.717) is 30.4 Å². The smallest absolute Gasteiger partial charge is 0.306 e. The minimum Gasteiger partial charge on any atom is -0.481 e. The van der Waals surface area contributed by atoms with Crippen molar-refractivity contribution in [3.8, 4) is 0 Å². The first-order chi connectivity index (χ1) is 10.2. The molecule has 0 heterocycles. The number of rotatable bonds is 4. The predicted octanol–water partition coefficient (Wildman–Crippen LogP) is 1.38. The van der Waals surface area contributed by atoms with E-state index in [1.165, 1.54) is 12.1 Å². The molecule has 0 saturated heterocycles. The van der Waals surface area contributed by atoms with Crippen molar-refractivity contribution in [1.29, 1.82) is 0 Å². The molecule has 7 heteroatoms. The summed E-state index contributed by atoms with van der Waals surface area (Å²) in [4.78, 5) is 23.4. The maximum Gasteiger partial charge on any atom is 0.306 e. The number of sulfone groups is 1. The normalized spacial score (nSPS) is 21.5. The van der Waals surface area contributed by atoms with Crippen LogP contribution in [0.4, 0.5) is 0 Å². The molecule has 0 unspecified atom stereocenters. The summed E-state index contributed by atoms with van der Waals surface area (Å²) < 4.78 is 23.2. The van der Waals surface area contributed by atoms with Crippen molar-refractivity contribution in [1.82, 2.24) is 5.32 Å². The van der Waals surface area contributed by atoms with Gasteiger partial charge in [0.05, 0.1) is 10.8 Å². The van der Waals surface area contributed by atoms with Crippen molar-refractivity contribution in [2.75, 3.05) is 6.26 Å². The average Bonchev–Trinajstić information content (AvgIpc) is 2.86. The van der Waals surface area contributed by atoms with E-state index in [1.807, 2.05) is 0 Å². The fourth-order valence-electron chi connectivity index (χ4n) is 2.68. The highest BCUT2D eigenvalue weighted by Gasteiger charge is 2.31. The van der Waals surface area contributed by atoms with Crippen molar-refractivity contribution in [2.45, 2.75) is 37.1 Å². The molecule has 2 rings (SSSR count). The summed E-state index contributed by atoms with van der Waals surface area (Å²) in [6, 6.07) is 4.25. The zero-order chi connectivity index (χ0) is 16.5. The van der Waals surface area contributed by atoms with E-state index in [2.05, 4.69) is 5.32 Å². The molecule has 0 radical (unpaired) electrons. The van der Waals surface area contributed by atoms with Gasteiger partial charge in [0, 0.05) is 17.9 Å². The summed E-state index contributed by atoms with van der Waals surface area (Å²) in [5.41, 5.74) is 0.986. The van der Waals surface area contributed by atoms with E-state index in [1.54, 1.807) is 13.0 Å². The Morgan fingerprint density at radius 2 is 1.95 bits per heavy atom. The van der Waals surface area contributed by atoms with Crippen LogP contribution in [0.2, 0.25) is 0 Å². The van der Waals surface area contributed by atoms with Crippen LogP contribution in [0.3, 0.4) is 0 Å². The van der Waals surface area contributed by atoms with Crippen molar-refractivity contribution >= 4 is 21.7 Å². The van der Waals surface area contributed by atoms with Crippen LogP contribution in [0.15, 0.2) is 23.1 Å². The van der Waals surface area contributed by atoms with Crippen molar-refractivity contribution in [3.63, 3.8) is 0 Å². The molecule has 1 aliphatic rings. The number of hydrogen-bond acceptors (Lipinski definition) is 4. The van der Waals surface area contributed by atoms with Crippen molar-refractivity contribution in [3.05, 3.63) is 29.3 Å². The fourth-order valence-corrected chi connectivity index (χ4v) is 3.32. The SMILES string of the molecule is Cc1ccc(S(C)(=O)=O)cc1C(=O)N[C@@H]1CC[C@H](C(=O)O)C1. The van der Waals surface area contributed by atoms with Gasteiger partial charge < -0.3 is 10.4 Å². The summed E-state index contributed by atoms with van der Waals surface area (Å²) in [6.07, 6.45) is 2.66. The van der Waals surface area contributed by atoms with Crippen LogP contribution in [-0.2, 0) is 14.6 Å². The predicted molar refractivity (Wildman–Crippen MR) is 80.5 cm³/mol. The summed E-state index contributed by atoms with van der Waals surface area (Å²) in [5, 5.41) is 11.8. The van der Waals surface area contributed by atoms with Crippen molar-refractivity contribution in [2.24, 2.45) is 5.92 Å². The van der Waals surface area contributed by atoms with E-state index in [4.69, 9.17) is 5.11 Å². The van der Waals surface area contributed by atoms with Gasteiger partial charge in [-0.15, -0.1) is 0 Å². The average molecular weight is 325 g/mol. The molecule has 1 fully saturated rings. The molecule has 0 aliphatic heterocycles. The van der Waals surface area contributed by atoms with Gasteiger partial charge in [-0.3, -0.25) is 9.59 Å². The first-order valence-electron chi connectivity index (χ1n) is 7.03. The molecule has 0 aromatic heterocycles. The third kappa shape index (κ3) is 3.65. The minimum atomic E-state index is -3.38. The molecule has 2 atom stereocenters. The maximum atomic E-state index is 12.3. The van der Waals surface area contributed by atoms with E-state index < -0.39 is 21.7 Å². The lowest BCUT2D eigenvalue weighted by Gasteiger charge is -2.14. The zero-order valence-electron chi connectivity index (χ0n) is 12.5. The second-order valence-electron chi connectivity index (χ2n) is 5.77. The first kappa shape index (κ1) is 16.5. The Kier molecular flexibility index (Phi) is 4.55. The third-order valence-electron chi connectivity index (χ3n) is 4.00. The number of carboxylic acids is 1. The molecule has 1 aromatic rings. The zero-order valence-corrected chi connectivity index (χ0v) is 13.3. The standard InChI is InChI=1S/C15H19NO5S/c1-9-3-6-12(22(2,20)21)8-13(9)14(17)16-11-5-4-10(7-11)15(18)19/h3,6,8,10-11H,4-5,7H2,1-2H3,(H,16,17)(H,18,19)/t10-,11+/m0/s1. The molecule has 1 saturated carbocycles. The number of aliphatic carboxylic acids is 1. The molecule has 1 amide bonds. The Bertz CT molecular complexity index is 711. The number of carboxylic acid groups (broad SMARTS) is 1. The van der Waals surface area contributed by atoms with E-state index in [0.717, 1.165) is 6.26 Å². The second-order valence-corrected chi connectivity index (χ2v) is 7.78. The number of carbonyl (C=O) groups is 2. The van der Waals surface area contributed by atoms with E-state index in [9.17, 15) is 18.0 Å². The molecule has 2 N–H and O–H groups in total. The summed E-state index contributed by atoms with van der Waals surface area (Å²) in [7, 11) is -3.38. The van der Waals surface area contributed by atoms with Gasteiger partial charge in [-0.05, 0) is 43.9 Å². The Labute approximate surface area is 129 Å². The van der Waals surface area contributed by atoms with Crippen LogP contribution >= 0.6 is 0 Å². The van der Waals surface area contributed by atoms with Gasteiger partial charge in [-0.25, -0.2) is 8.42 Å².